The molecule has 0 bridgehead atoms. The van der Waals surface area contributed by atoms with Gasteiger partial charge in [0.1, 0.15) is 0 Å². The molecule has 0 aromatic heterocycles. The molecule has 0 aliphatic rings. The Kier molecular flexibility index (Phi) is 7.09. The molecule has 0 aliphatic heterocycles. The van der Waals surface area contributed by atoms with Crippen LogP contribution >= 0.6 is 0 Å². The predicted octanol–water partition coefficient (Wildman–Crippen LogP) is 9.07. The van der Waals surface area contributed by atoms with Crippen LogP contribution in [-0.2, 0) is 21.7 Å². The molecular weight excluding hydrogens is 432 g/mol. The predicted molar refractivity (Wildman–Crippen MR) is 139 cm³/mol. The first kappa shape index (κ1) is 23.0. The van der Waals surface area contributed by atoms with Crippen LogP contribution in [0.5, 0.6) is 0 Å². The number of benzene rings is 4. The van der Waals surface area contributed by atoms with Crippen molar-refractivity contribution in [3.63, 3.8) is 0 Å². The molecule has 0 unspecified atom stereocenters. The molecule has 0 fully saturated rings. The van der Waals surface area contributed by atoms with Crippen LogP contribution in [-0.4, -0.2) is 0 Å². The van der Waals surface area contributed by atoms with Crippen molar-refractivity contribution in [2.75, 3.05) is 0 Å². The molecule has 6 aromatic carbocycles. The van der Waals surface area contributed by atoms with E-state index in [0.717, 1.165) is 0 Å². The third kappa shape index (κ3) is 5.25. The minimum absolute atomic E-state index is 0. The van der Waals surface area contributed by atoms with Gasteiger partial charge in [0.2, 0.25) is 0 Å². The first-order valence-corrected chi connectivity index (χ1v) is 11.1. The van der Waals surface area contributed by atoms with Gasteiger partial charge in [-0.3, -0.25) is 0 Å². The van der Waals surface area contributed by atoms with Crippen LogP contribution in [0.25, 0.3) is 43.8 Å². The molecular formula is C32H26Ti. The summed E-state index contributed by atoms with van der Waals surface area (Å²) in [5.41, 5.74) is 7.81. The van der Waals surface area contributed by atoms with E-state index in [0.29, 0.717) is 0 Å². The molecule has 0 aliphatic carbocycles. The average Bonchev–Trinajstić information content (AvgIpc) is 3.45. The summed E-state index contributed by atoms with van der Waals surface area (Å²) in [6.45, 7) is 4.23. The zero-order chi connectivity index (χ0) is 21.9. The molecule has 1 heteroatoms. The standard InChI is InChI=1S/2C16H13.Ti/c2*1-12-6-8-13(9-7-12)16-10-14-4-2-3-5-15(14)11-16;/h2*2-11H,1H3;/q2*-1;+2. The summed E-state index contributed by atoms with van der Waals surface area (Å²) in [4.78, 5) is 0. The quantitative estimate of drug-likeness (QED) is 0.179. The molecule has 0 spiro atoms. The fraction of sp³-hybridized carbons (Fsp3) is 0.0625. The second kappa shape index (κ2) is 10.2. The molecule has 0 atom stereocenters. The van der Waals surface area contributed by atoms with Crippen molar-refractivity contribution >= 4 is 21.5 Å². The normalized spacial score (nSPS) is 10.5. The molecule has 0 N–H and O–H groups in total. The van der Waals surface area contributed by atoms with E-state index < -0.39 is 0 Å². The Morgan fingerprint density at radius 3 is 1.18 bits per heavy atom. The summed E-state index contributed by atoms with van der Waals surface area (Å²) in [5, 5.41) is 5.27. The Labute approximate surface area is 211 Å². The number of rotatable bonds is 2. The summed E-state index contributed by atoms with van der Waals surface area (Å²) >= 11 is 0. The van der Waals surface area contributed by atoms with E-state index in [-0.39, 0.29) is 21.7 Å². The van der Waals surface area contributed by atoms with Gasteiger partial charge < -0.3 is 0 Å². The van der Waals surface area contributed by atoms with Crippen molar-refractivity contribution in [1.82, 2.24) is 0 Å². The molecule has 33 heavy (non-hydrogen) atoms. The van der Waals surface area contributed by atoms with Gasteiger partial charge in [-0.1, -0.05) is 107 Å². The third-order valence-electron chi connectivity index (χ3n) is 6.01. The summed E-state index contributed by atoms with van der Waals surface area (Å²) in [7, 11) is 0. The van der Waals surface area contributed by atoms with Crippen molar-refractivity contribution in [1.29, 1.82) is 0 Å². The fourth-order valence-electron chi connectivity index (χ4n) is 4.13. The maximum Gasteiger partial charge on any atom is 2.00 e. The van der Waals surface area contributed by atoms with Gasteiger partial charge >= 0.3 is 21.7 Å². The van der Waals surface area contributed by atoms with Crippen LogP contribution in [0.2, 0.25) is 0 Å². The Morgan fingerprint density at radius 1 is 0.455 bits per heavy atom. The summed E-state index contributed by atoms with van der Waals surface area (Å²) < 4.78 is 0. The van der Waals surface area contributed by atoms with E-state index >= 15 is 0 Å². The SMILES string of the molecule is Cc1ccc(-c2cc3ccccc3[cH-]2)cc1.Cc1ccc(-c2cc3ccccc3[cH-]2)cc1.[Ti+2]. The van der Waals surface area contributed by atoms with Gasteiger partial charge in [0.15, 0.2) is 0 Å². The maximum absolute atomic E-state index is 2.25. The number of aryl methyl sites for hydroxylation is 2. The maximum atomic E-state index is 2.25. The van der Waals surface area contributed by atoms with Crippen LogP contribution < -0.4 is 0 Å². The van der Waals surface area contributed by atoms with E-state index in [9.17, 15) is 0 Å². The third-order valence-corrected chi connectivity index (χ3v) is 6.01. The molecule has 0 saturated heterocycles. The molecule has 158 valence electrons. The molecule has 0 saturated carbocycles. The zero-order valence-electron chi connectivity index (χ0n) is 19.0. The van der Waals surface area contributed by atoms with E-state index in [2.05, 4.69) is 135 Å². The van der Waals surface area contributed by atoms with Crippen molar-refractivity contribution in [2.24, 2.45) is 0 Å². The van der Waals surface area contributed by atoms with Crippen LogP contribution in [0.1, 0.15) is 11.1 Å². The topological polar surface area (TPSA) is 0 Å². The van der Waals surface area contributed by atoms with Gasteiger partial charge in [0.25, 0.3) is 0 Å². The monoisotopic (exact) mass is 458 g/mol. The number of hydrogen-bond acceptors (Lipinski definition) is 0. The van der Waals surface area contributed by atoms with E-state index in [1.165, 1.54) is 54.9 Å². The molecule has 6 aromatic rings. The molecule has 0 heterocycles. The van der Waals surface area contributed by atoms with E-state index in [1.54, 1.807) is 0 Å². The first-order valence-electron chi connectivity index (χ1n) is 11.1. The second-order valence-corrected chi connectivity index (χ2v) is 8.48. The van der Waals surface area contributed by atoms with Gasteiger partial charge in [-0.2, -0.15) is 0 Å². The van der Waals surface area contributed by atoms with E-state index in [1.807, 2.05) is 0 Å². The average molecular weight is 458 g/mol. The van der Waals surface area contributed by atoms with Crippen LogP contribution in [0, 0.1) is 13.8 Å². The largest absolute Gasteiger partial charge is 2.00 e. The Morgan fingerprint density at radius 2 is 0.818 bits per heavy atom. The fourth-order valence-corrected chi connectivity index (χ4v) is 4.13. The minimum atomic E-state index is 0. The smallest absolute Gasteiger partial charge is 0.145 e. The first-order chi connectivity index (χ1) is 15.7. The Bertz CT molecular complexity index is 1280. The number of fused-ring (bicyclic) bond motifs is 2. The zero-order valence-corrected chi connectivity index (χ0v) is 20.6. The molecule has 6 rings (SSSR count). The van der Waals surface area contributed by atoms with Crippen molar-refractivity contribution in [3.05, 3.63) is 132 Å². The summed E-state index contributed by atoms with van der Waals surface area (Å²) in [5.74, 6) is 0. The Balaban J connectivity index is 0.000000152. The summed E-state index contributed by atoms with van der Waals surface area (Å²) in [6, 6.07) is 43.4. The second-order valence-electron chi connectivity index (χ2n) is 8.48. The number of hydrogen-bond donors (Lipinski definition) is 0. The molecule has 0 amide bonds. The van der Waals surface area contributed by atoms with Crippen molar-refractivity contribution in [3.8, 4) is 22.3 Å². The van der Waals surface area contributed by atoms with Crippen molar-refractivity contribution < 1.29 is 21.7 Å². The van der Waals surface area contributed by atoms with Crippen LogP contribution in [0.4, 0.5) is 0 Å². The molecule has 0 radical (unpaired) electrons. The van der Waals surface area contributed by atoms with E-state index in [4.69, 9.17) is 0 Å². The van der Waals surface area contributed by atoms with Gasteiger partial charge in [0.05, 0.1) is 0 Å². The van der Waals surface area contributed by atoms with Crippen LogP contribution in [0.3, 0.4) is 0 Å². The van der Waals surface area contributed by atoms with Gasteiger partial charge in [-0.05, 0) is 13.8 Å². The Hall–Kier alpha value is -3.19. The van der Waals surface area contributed by atoms with Gasteiger partial charge in [0, 0.05) is 0 Å². The van der Waals surface area contributed by atoms with Crippen LogP contribution in [0.15, 0.2) is 121 Å². The summed E-state index contributed by atoms with van der Waals surface area (Å²) in [6.07, 6.45) is 0. The van der Waals surface area contributed by atoms with Gasteiger partial charge in [-0.15, -0.1) is 69.1 Å². The molecule has 0 nitrogen and oxygen atoms in total. The van der Waals surface area contributed by atoms with Gasteiger partial charge in [-0.25, -0.2) is 0 Å². The van der Waals surface area contributed by atoms with Crippen molar-refractivity contribution in [2.45, 2.75) is 13.8 Å². The minimum Gasteiger partial charge on any atom is -0.145 e.